The number of sulfonamides is 1. The number of nitrogens with zero attached hydrogens (tertiary/aromatic N) is 2. The number of nitriles is 1. The van der Waals surface area contributed by atoms with Crippen LogP contribution in [0.15, 0.2) is 45.8 Å². The Bertz CT molecular complexity index is 1170. The fourth-order valence-corrected chi connectivity index (χ4v) is 5.34. The van der Waals surface area contributed by atoms with E-state index in [0.29, 0.717) is 6.54 Å². The first kappa shape index (κ1) is 23.0. The van der Waals surface area contributed by atoms with Gasteiger partial charge in [-0.1, -0.05) is 0 Å². The van der Waals surface area contributed by atoms with Crippen LogP contribution in [0, 0.1) is 11.3 Å². The summed E-state index contributed by atoms with van der Waals surface area (Å²) in [6.45, 7) is -0.243. The molecule has 0 aromatic heterocycles. The Kier molecular flexibility index (Phi) is 6.52. The van der Waals surface area contributed by atoms with Gasteiger partial charge in [0.1, 0.15) is 4.90 Å². The summed E-state index contributed by atoms with van der Waals surface area (Å²) in [6.07, 6.45) is 0.0000208. The van der Waals surface area contributed by atoms with E-state index in [2.05, 4.69) is 25.4 Å². The minimum Gasteiger partial charge on any atom is -0.465 e. The summed E-state index contributed by atoms with van der Waals surface area (Å²) in [5, 5.41) is 9.21. The molecule has 164 valence electrons. The van der Waals surface area contributed by atoms with Gasteiger partial charge in [0.15, 0.2) is 0 Å². The summed E-state index contributed by atoms with van der Waals surface area (Å²) in [6, 6.07) is 10.0. The van der Waals surface area contributed by atoms with Gasteiger partial charge in [0, 0.05) is 17.4 Å². The highest BCUT2D eigenvalue weighted by Crippen LogP contribution is 2.36. The lowest BCUT2D eigenvalue weighted by molar-refractivity contribution is -0.0116. The third-order valence-corrected chi connectivity index (χ3v) is 7.10. The standard InChI is InChI=1S/C20H18BrF2N3O4S/c1-30-19(27)14-4-5-15(21)18(10-14)31(28,29)25-16-9-13(11-24)3-6-17(16)26-8-2-7-20(22,23)12-26/h3-6,9-10,25H,2,7-8,12H2,1H3. The van der Waals surface area contributed by atoms with Crippen LogP contribution in [-0.2, 0) is 14.8 Å². The Morgan fingerprint density at radius 2 is 2.03 bits per heavy atom. The van der Waals surface area contributed by atoms with Gasteiger partial charge in [0.25, 0.3) is 15.9 Å². The molecule has 1 fully saturated rings. The summed E-state index contributed by atoms with van der Waals surface area (Å²) >= 11 is 3.16. The molecule has 31 heavy (non-hydrogen) atoms. The number of carbonyl (C=O) groups is 1. The molecule has 2 aromatic carbocycles. The van der Waals surface area contributed by atoms with Crippen LogP contribution in [0.4, 0.5) is 20.2 Å². The summed E-state index contributed by atoms with van der Waals surface area (Å²) in [5.41, 5.74) is 0.412. The zero-order valence-electron chi connectivity index (χ0n) is 16.4. The van der Waals surface area contributed by atoms with E-state index >= 15 is 0 Å². The lowest BCUT2D eigenvalue weighted by atomic mass is 10.1. The third kappa shape index (κ3) is 5.14. The number of anilines is 2. The molecule has 1 heterocycles. The maximum absolute atomic E-state index is 13.9. The average molecular weight is 514 g/mol. The SMILES string of the molecule is COC(=O)c1ccc(Br)c(S(=O)(=O)Nc2cc(C#N)ccc2N2CCCC(F)(F)C2)c1. The molecule has 0 aliphatic carbocycles. The number of piperidine rings is 1. The topological polar surface area (TPSA) is 99.5 Å². The van der Waals surface area contributed by atoms with E-state index < -0.39 is 28.5 Å². The van der Waals surface area contributed by atoms with Gasteiger partial charge < -0.3 is 9.64 Å². The van der Waals surface area contributed by atoms with Crippen molar-refractivity contribution in [2.45, 2.75) is 23.7 Å². The van der Waals surface area contributed by atoms with E-state index in [1.165, 1.54) is 42.3 Å². The Hall–Kier alpha value is -2.71. The number of rotatable bonds is 5. The van der Waals surface area contributed by atoms with Crippen molar-refractivity contribution >= 4 is 43.3 Å². The Balaban J connectivity index is 2.03. The summed E-state index contributed by atoms with van der Waals surface area (Å²) in [4.78, 5) is 12.9. The van der Waals surface area contributed by atoms with E-state index in [0.717, 1.165) is 6.07 Å². The van der Waals surface area contributed by atoms with Crippen LogP contribution in [-0.4, -0.2) is 40.5 Å². The highest BCUT2D eigenvalue weighted by atomic mass is 79.9. The van der Waals surface area contributed by atoms with Crippen molar-refractivity contribution in [2.24, 2.45) is 0 Å². The number of esters is 1. The summed E-state index contributed by atoms with van der Waals surface area (Å²) < 4.78 is 61.3. The molecule has 0 amide bonds. The Labute approximate surface area is 186 Å². The first-order valence-corrected chi connectivity index (χ1v) is 11.4. The second-order valence-electron chi connectivity index (χ2n) is 6.97. The number of benzene rings is 2. The van der Waals surface area contributed by atoms with E-state index in [9.17, 15) is 27.3 Å². The van der Waals surface area contributed by atoms with Gasteiger partial charge in [-0.2, -0.15) is 5.26 Å². The predicted molar refractivity (Wildman–Crippen MR) is 114 cm³/mol. The van der Waals surface area contributed by atoms with E-state index in [4.69, 9.17) is 0 Å². The van der Waals surface area contributed by atoms with E-state index in [-0.39, 0.29) is 44.7 Å². The van der Waals surface area contributed by atoms with Crippen molar-refractivity contribution in [2.75, 3.05) is 29.8 Å². The molecule has 11 heteroatoms. The smallest absolute Gasteiger partial charge is 0.337 e. The number of nitrogens with one attached hydrogen (secondary N) is 1. The normalized spacial score (nSPS) is 15.8. The zero-order valence-corrected chi connectivity index (χ0v) is 18.8. The molecule has 0 atom stereocenters. The molecule has 1 N–H and O–H groups in total. The van der Waals surface area contributed by atoms with Crippen LogP contribution in [0.1, 0.15) is 28.8 Å². The van der Waals surface area contributed by atoms with Gasteiger partial charge in [-0.25, -0.2) is 22.0 Å². The lowest BCUT2D eigenvalue weighted by Crippen LogP contribution is -2.43. The van der Waals surface area contributed by atoms with Crippen LogP contribution >= 0.6 is 15.9 Å². The number of hydrogen-bond donors (Lipinski definition) is 1. The van der Waals surface area contributed by atoms with Crippen LogP contribution in [0.3, 0.4) is 0 Å². The van der Waals surface area contributed by atoms with Crippen LogP contribution in [0.2, 0.25) is 0 Å². The van der Waals surface area contributed by atoms with Gasteiger partial charge in [-0.3, -0.25) is 4.72 Å². The minimum atomic E-state index is -4.25. The van der Waals surface area contributed by atoms with Crippen molar-refractivity contribution in [1.82, 2.24) is 0 Å². The van der Waals surface area contributed by atoms with Crippen molar-refractivity contribution < 1.29 is 26.7 Å². The van der Waals surface area contributed by atoms with Gasteiger partial charge in [0.05, 0.1) is 42.2 Å². The van der Waals surface area contributed by atoms with Gasteiger partial charge in [0.2, 0.25) is 0 Å². The molecule has 0 radical (unpaired) electrons. The number of alkyl halides is 2. The van der Waals surface area contributed by atoms with E-state index in [1.54, 1.807) is 0 Å². The first-order chi connectivity index (χ1) is 14.6. The Morgan fingerprint density at radius 1 is 1.29 bits per heavy atom. The third-order valence-electron chi connectivity index (χ3n) is 4.75. The van der Waals surface area contributed by atoms with Gasteiger partial charge in [-0.05, 0) is 58.7 Å². The quantitative estimate of drug-likeness (QED) is 0.603. The van der Waals surface area contributed by atoms with Crippen LogP contribution in [0.5, 0.6) is 0 Å². The zero-order chi connectivity index (χ0) is 22.8. The molecule has 2 aromatic rings. The second-order valence-corrected chi connectivity index (χ2v) is 9.47. The largest absolute Gasteiger partial charge is 0.465 e. The molecule has 1 aliphatic heterocycles. The minimum absolute atomic E-state index is 0.00730. The highest BCUT2D eigenvalue weighted by Gasteiger charge is 2.36. The first-order valence-electron chi connectivity index (χ1n) is 9.14. The second kappa shape index (κ2) is 8.80. The number of methoxy groups -OCH3 is 1. The fraction of sp³-hybridized carbons (Fsp3) is 0.300. The maximum Gasteiger partial charge on any atom is 0.337 e. The molecule has 0 saturated carbocycles. The molecule has 1 saturated heterocycles. The predicted octanol–water partition coefficient (Wildman–Crippen LogP) is 4.14. The number of carbonyl (C=O) groups excluding carboxylic acids is 1. The van der Waals surface area contributed by atoms with Gasteiger partial charge >= 0.3 is 5.97 Å². The summed E-state index contributed by atoms with van der Waals surface area (Å²) in [5.74, 6) is -3.62. The molecule has 3 rings (SSSR count). The van der Waals surface area contributed by atoms with Crippen molar-refractivity contribution in [1.29, 1.82) is 5.26 Å². The number of ether oxygens (including phenoxy) is 1. The van der Waals surface area contributed by atoms with Crippen molar-refractivity contribution in [3.05, 3.63) is 52.0 Å². The average Bonchev–Trinajstić information content (AvgIpc) is 2.72. The molecule has 0 bridgehead atoms. The molecular formula is C20H18BrF2N3O4S. The van der Waals surface area contributed by atoms with Crippen molar-refractivity contribution in [3.63, 3.8) is 0 Å². The molecule has 0 unspecified atom stereocenters. The molecule has 7 nitrogen and oxygen atoms in total. The molecular weight excluding hydrogens is 496 g/mol. The highest BCUT2D eigenvalue weighted by molar-refractivity contribution is 9.10. The van der Waals surface area contributed by atoms with E-state index in [1.807, 2.05) is 6.07 Å². The van der Waals surface area contributed by atoms with Crippen molar-refractivity contribution in [3.8, 4) is 6.07 Å². The van der Waals surface area contributed by atoms with Crippen LogP contribution < -0.4 is 9.62 Å². The maximum atomic E-state index is 13.9. The number of halogens is 3. The molecule has 0 spiro atoms. The van der Waals surface area contributed by atoms with Crippen LogP contribution in [0.25, 0.3) is 0 Å². The monoisotopic (exact) mass is 513 g/mol. The number of hydrogen-bond acceptors (Lipinski definition) is 6. The fourth-order valence-electron chi connectivity index (χ4n) is 3.29. The Morgan fingerprint density at radius 3 is 2.68 bits per heavy atom. The summed E-state index contributed by atoms with van der Waals surface area (Å²) in [7, 11) is -3.08. The van der Waals surface area contributed by atoms with Gasteiger partial charge in [-0.15, -0.1) is 0 Å². The lowest BCUT2D eigenvalue weighted by Gasteiger charge is -2.35. The molecule has 1 aliphatic rings.